The fourth-order valence-corrected chi connectivity index (χ4v) is 7.87. The lowest BCUT2D eigenvalue weighted by Gasteiger charge is -2.08. The summed E-state index contributed by atoms with van der Waals surface area (Å²) in [6, 6.07) is 24.7. The normalized spacial score (nSPS) is 9.77. The Bertz CT molecular complexity index is 1080. The molecule has 2 nitrogen and oxygen atoms in total. The van der Waals surface area contributed by atoms with Crippen LogP contribution >= 0.6 is 127 Å². The van der Waals surface area contributed by atoms with Crippen molar-refractivity contribution < 1.29 is 10.6 Å². The molecule has 0 aliphatic rings. The Labute approximate surface area is 272 Å². The van der Waals surface area contributed by atoms with Crippen molar-refractivity contribution in [2.75, 3.05) is 7.11 Å². The quantitative estimate of drug-likeness (QED) is 0.214. The number of benzene rings is 4. The van der Waals surface area contributed by atoms with E-state index in [0.717, 1.165) is 42.9 Å². The van der Waals surface area contributed by atoms with Crippen LogP contribution in [0.25, 0.3) is 22.3 Å². The molecule has 0 radical (unpaired) electrons. The number of hydrogen-bond donors (Lipinski definition) is 1. The lowest BCUT2D eigenvalue weighted by atomic mass is 10.1. The van der Waals surface area contributed by atoms with Crippen LogP contribution in [0.3, 0.4) is 0 Å². The maximum atomic E-state index is 7.00. The van der Waals surface area contributed by atoms with Crippen molar-refractivity contribution in [2.24, 2.45) is 0 Å². The molecule has 0 atom stereocenters. The Morgan fingerprint density at radius 1 is 0.371 bits per heavy atom. The van der Waals surface area contributed by atoms with E-state index in [1.807, 2.05) is 48.5 Å². The number of aliphatic hydroxyl groups is 1. The summed E-state index contributed by atoms with van der Waals surface area (Å²) in [4.78, 5) is 0. The molecule has 35 heavy (non-hydrogen) atoms. The second-order valence-electron chi connectivity index (χ2n) is 6.50. The van der Waals surface area contributed by atoms with Gasteiger partial charge in [0, 0.05) is 42.9 Å². The molecule has 0 aromatic heterocycles. The molecule has 0 unspecified atom stereocenters. The molecule has 0 bridgehead atoms. The van der Waals surface area contributed by atoms with E-state index in [2.05, 4.69) is 152 Å². The van der Waals surface area contributed by atoms with Crippen molar-refractivity contribution in [3.05, 3.63) is 109 Å². The average Bonchev–Trinajstić information content (AvgIpc) is 2.77. The van der Waals surface area contributed by atoms with E-state index < -0.39 is 0 Å². The molecule has 0 aliphatic carbocycles. The predicted octanol–water partition coefficient (Wildman–Crippen LogP) is 11.6. The topological polar surface area (TPSA) is 51.7 Å². The third-order valence-electron chi connectivity index (χ3n) is 4.30. The number of aliphatic hydroxyl groups excluding tert-OH is 1. The summed E-state index contributed by atoms with van der Waals surface area (Å²) >= 11 is 28.1. The third-order valence-corrected chi connectivity index (χ3v) is 8.90. The van der Waals surface area contributed by atoms with E-state index in [1.165, 1.54) is 22.3 Å². The minimum Gasteiger partial charge on any atom is -0.412 e. The fourth-order valence-electron chi connectivity index (χ4n) is 2.83. The molecule has 4 aromatic rings. The van der Waals surface area contributed by atoms with E-state index in [9.17, 15) is 0 Å². The van der Waals surface area contributed by atoms with Gasteiger partial charge in [0.15, 0.2) is 0 Å². The minimum absolute atomic E-state index is 0. The van der Waals surface area contributed by atoms with Gasteiger partial charge in [0.2, 0.25) is 0 Å². The third kappa shape index (κ3) is 10.0. The monoisotopic (exact) mass is 981 g/mol. The van der Waals surface area contributed by atoms with Gasteiger partial charge in [0.1, 0.15) is 0 Å². The van der Waals surface area contributed by atoms with E-state index in [-0.39, 0.29) is 5.48 Å². The molecule has 0 spiro atoms. The summed E-state index contributed by atoms with van der Waals surface area (Å²) in [7, 11) is 1.00. The molecule has 0 fully saturated rings. The van der Waals surface area contributed by atoms with Gasteiger partial charge in [-0.15, -0.1) is 0 Å². The number of halogens is 8. The summed E-state index contributed by atoms with van der Waals surface area (Å²) < 4.78 is 8.56. The summed E-state index contributed by atoms with van der Waals surface area (Å²) in [5.41, 5.74) is 4.68. The van der Waals surface area contributed by atoms with Gasteiger partial charge in [-0.05, 0) is 70.8 Å². The highest BCUT2D eigenvalue weighted by Crippen LogP contribution is 2.37. The van der Waals surface area contributed by atoms with Crippen molar-refractivity contribution in [3.8, 4) is 22.3 Å². The van der Waals surface area contributed by atoms with Gasteiger partial charge in [-0.3, -0.25) is 0 Å². The van der Waals surface area contributed by atoms with Crippen molar-refractivity contribution in [1.82, 2.24) is 0 Å². The first kappa shape index (κ1) is 33.7. The second kappa shape index (κ2) is 16.6. The first-order valence-corrected chi connectivity index (χ1v) is 15.8. The SMILES string of the molecule is Brc1ccc(-c2ccc(Br)cc2Br)c(Br)c1.Brc1ccc(-c2ccc(Br)cc2Br)c(Br)c1.CO.O. The van der Waals surface area contributed by atoms with Gasteiger partial charge in [-0.2, -0.15) is 0 Å². The maximum absolute atomic E-state index is 7.00. The highest BCUT2D eigenvalue weighted by Gasteiger charge is 2.08. The molecule has 4 aromatic carbocycles. The van der Waals surface area contributed by atoms with Crippen LogP contribution in [-0.4, -0.2) is 17.7 Å². The van der Waals surface area contributed by atoms with Crippen LogP contribution in [0.2, 0.25) is 0 Å². The molecule has 0 saturated carbocycles. The lowest BCUT2D eigenvalue weighted by Crippen LogP contribution is -1.82. The van der Waals surface area contributed by atoms with Crippen LogP contribution in [0.1, 0.15) is 0 Å². The van der Waals surface area contributed by atoms with Crippen LogP contribution in [0.4, 0.5) is 0 Å². The molecule has 0 aliphatic heterocycles. The van der Waals surface area contributed by atoms with Gasteiger partial charge in [0.05, 0.1) is 0 Å². The van der Waals surface area contributed by atoms with E-state index in [1.54, 1.807) is 0 Å². The first-order valence-electron chi connectivity index (χ1n) is 9.41. The molecular formula is C25H18Br8O2. The van der Waals surface area contributed by atoms with E-state index in [4.69, 9.17) is 5.11 Å². The Kier molecular flexibility index (Phi) is 15.9. The van der Waals surface area contributed by atoms with Crippen LogP contribution in [0, 0.1) is 0 Å². The molecule has 4 rings (SSSR count). The Morgan fingerprint density at radius 2 is 0.543 bits per heavy atom. The molecule has 0 saturated heterocycles. The van der Waals surface area contributed by atoms with E-state index >= 15 is 0 Å². The summed E-state index contributed by atoms with van der Waals surface area (Å²) in [6.07, 6.45) is 0. The zero-order valence-corrected chi connectivity index (χ0v) is 30.6. The molecule has 10 heteroatoms. The van der Waals surface area contributed by atoms with Crippen molar-refractivity contribution in [1.29, 1.82) is 0 Å². The maximum Gasteiger partial charge on any atom is 0.0319 e. The van der Waals surface area contributed by atoms with Crippen LogP contribution in [0.5, 0.6) is 0 Å². The first-order chi connectivity index (χ1) is 16.2. The summed E-state index contributed by atoms with van der Waals surface area (Å²) in [6.45, 7) is 0. The van der Waals surface area contributed by atoms with Crippen molar-refractivity contribution in [2.45, 2.75) is 0 Å². The summed E-state index contributed by atoms with van der Waals surface area (Å²) in [5.74, 6) is 0. The van der Waals surface area contributed by atoms with Crippen LogP contribution in [0.15, 0.2) is 109 Å². The zero-order valence-electron chi connectivity index (χ0n) is 17.9. The molecule has 0 heterocycles. The Balaban J connectivity index is 0.000000318. The van der Waals surface area contributed by atoms with Gasteiger partial charge in [0.25, 0.3) is 0 Å². The van der Waals surface area contributed by atoms with Gasteiger partial charge < -0.3 is 10.6 Å². The largest absolute Gasteiger partial charge is 0.412 e. The second-order valence-corrected chi connectivity index (χ2v) is 13.6. The lowest BCUT2D eigenvalue weighted by molar-refractivity contribution is 0.399. The highest BCUT2D eigenvalue weighted by molar-refractivity contribution is 9.12. The van der Waals surface area contributed by atoms with Crippen LogP contribution < -0.4 is 0 Å². The standard InChI is InChI=1S/2C12H6Br4.CH4O.H2O/c2*13-7-1-3-9(11(15)5-7)10-4-2-8(14)6-12(10)16;1-2;/h2*1-6H;2H,1H3;1H2. The fraction of sp³-hybridized carbons (Fsp3) is 0.0400. The minimum atomic E-state index is 0. The van der Waals surface area contributed by atoms with Gasteiger partial charge in [-0.1, -0.05) is 152 Å². The van der Waals surface area contributed by atoms with Crippen molar-refractivity contribution >= 4 is 127 Å². The van der Waals surface area contributed by atoms with Gasteiger partial charge >= 0.3 is 0 Å². The highest BCUT2D eigenvalue weighted by atomic mass is 79.9. The zero-order chi connectivity index (χ0) is 25.4. The molecule has 3 N–H and O–H groups in total. The van der Waals surface area contributed by atoms with Crippen LogP contribution in [-0.2, 0) is 0 Å². The molecular weight excluding hydrogens is 972 g/mol. The van der Waals surface area contributed by atoms with Gasteiger partial charge in [-0.25, -0.2) is 0 Å². The van der Waals surface area contributed by atoms with Crippen molar-refractivity contribution in [3.63, 3.8) is 0 Å². The molecule has 186 valence electrons. The number of rotatable bonds is 2. The van der Waals surface area contributed by atoms with E-state index in [0.29, 0.717) is 0 Å². The number of hydrogen-bond acceptors (Lipinski definition) is 1. The summed E-state index contributed by atoms with van der Waals surface area (Å²) in [5, 5.41) is 7.00. The average molecular weight is 990 g/mol. The molecule has 0 amide bonds. The predicted molar refractivity (Wildman–Crippen MR) is 177 cm³/mol. The Morgan fingerprint density at radius 3 is 0.686 bits per heavy atom. The Hall–Kier alpha value is 0.640. The smallest absolute Gasteiger partial charge is 0.0319 e.